The standard InChI is InChI=1S/C17H19F2N/c1-3-20-17(14-7-4-12(2)5-8-14)11-13-6-9-15(18)16(19)10-13/h4-10,17,20H,3,11H2,1-2H3. The normalized spacial score (nSPS) is 12.4. The summed E-state index contributed by atoms with van der Waals surface area (Å²) >= 11 is 0. The van der Waals surface area contributed by atoms with Gasteiger partial charge in [-0.3, -0.25) is 0 Å². The van der Waals surface area contributed by atoms with Crippen molar-refractivity contribution in [3.05, 3.63) is 70.8 Å². The van der Waals surface area contributed by atoms with Crippen molar-refractivity contribution < 1.29 is 8.78 Å². The molecular formula is C17H19F2N. The molecule has 0 heterocycles. The molecule has 0 aliphatic carbocycles. The van der Waals surface area contributed by atoms with Gasteiger partial charge in [-0.25, -0.2) is 8.78 Å². The Bertz CT molecular complexity index is 564. The lowest BCUT2D eigenvalue weighted by molar-refractivity contribution is 0.502. The highest BCUT2D eigenvalue weighted by Gasteiger charge is 2.12. The first-order valence-corrected chi connectivity index (χ1v) is 6.84. The molecule has 0 bridgehead atoms. The Morgan fingerprint density at radius 3 is 2.30 bits per heavy atom. The van der Waals surface area contributed by atoms with Crippen molar-refractivity contribution in [3.63, 3.8) is 0 Å². The van der Waals surface area contributed by atoms with Gasteiger partial charge in [0.15, 0.2) is 11.6 Å². The molecule has 1 unspecified atom stereocenters. The molecule has 2 rings (SSSR count). The van der Waals surface area contributed by atoms with Crippen LogP contribution in [0.4, 0.5) is 8.78 Å². The van der Waals surface area contributed by atoms with Crippen LogP contribution >= 0.6 is 0 Å². The number of likely N-dealkylation sites (N-methyl/N-ethyl adjacent to an activating group) is 1. The van der Waals surface area contributed by atoms with Gasteiger partial charge in [0, 0.05) is 6.04 Å². The number of halogens is 2. The highest BCUT2D eigenvalue weighted by atomic mass is 19.2. The van der Waals surface area contributed by atoms with E-state index in [2.05, 4.69) is 29.6 Å². The van der Waals surface area contributed by atoms with Crippen LogP contribution in [-0.2, 0) is 6.42 Å². The molecule has 3 heteroatoms. The molecule has 20 heavy (non-hydrogen) atoms. The lowest BCUT2D eigenvalue weighted by atomic mass is 9.98. The summed E-state index contributed by atoms with van der Waals surface area (Å²) in [5, 5.41) is 3.38. The third kappa shape index (κ3) is 3.64. The molecular weight excluding hydrogens is 256 g/mol. The van der Waals surface area contributed by atoms with E-state index in [1.165, 1.54) is 17.7 Å². The van der Waals surface area contributed by atoms with E-state index >= 15 is 0 Å². The fourth-order valence-electron chi connectivity index (χ4n) is 2.26. The number of hydrogen-bond acceptors (Lipinski definition) is 1. The van der Waals surface area contributed by atoms with Crippen LogP contribution in [0.25, 0.3) is 0 Å². The summed E-state index contributed by atoms with van der Waals surface area (Å²) in [6.45, 7) is 4.90. The smallest absolute Gasteiger partial charge is 0.159 e. The maximum atomic E-state index is 13.3. The Morgan fingerprint density at radius 1 is 1.00 bits per heavy atom. The summed E-state index contributed by atoms with van der Waals surface area (Å²) in [6, 6.07) is 12.5. The monoisotopic (exact) mass is 275 g/mol. The average Bonchev–Trinajstić information content (AvgIpc) is 2.43. The lowest BCUT2D eigenvalue weighted by Gasteiger charge is -2.19. The molecule has 0 aromatic heterocycles. The Labute approximate surface area is 118 Å². The van der Waals surface area contributed by atoms with Gasteiger partial charge in [-0.05, 0) is 43.1 Å². The number of nitrogens with one attached hydrogen (secondary N) is 1. The quantitative estimate of drug-likeness (QED) is 0.863. The minimum atomic E-state index is -0.802. The van der Waals surface area contributed by atoms with Crippen molar-refractivity contribution in [1.82, 2.24) is 5.32 Å². The fraction of sp³-hybridized carbons (Fsp3) is 0.294. The van der Waals surface area contributed by atoms with E-state index in [9.17, 15) is 8.78 Å². The van der Waals surface area contributed by atoms with Gasteiger partial charge in [0.05, 0.1) is 0 Å². The second kappa shape index (κ2) is 6.62. The number of aryl methyl sites for hydroxylation is 1. The third-order valence-electron chi connectivity index (χ3n) is 3.35. The zero-order valence-corrected chi connectivity index (χ0v) is 11.8. The van der Waals surface area contributed by atoms with Crippen molar-refractivity contribution in [2.45, 2.75) is 26.3 Å². The SMILES string of the molecule is CCNC(Cc1ccc(F)c(F)c1)c1ccc(C)cc1. The molecule has 1 nitrogen and oxygen atoms in total. The van der Waals surface area contributed by atoms with Crippen molar-refractivity contribution in [2.75, 3.05) is 6.54 Å². The van der Waals surface area contributed by atoms with E-state index in [1.54, 1.807) is 6.07 Å². The van der Waals surface area contributed by atoms with Crippen LogP contribution in [0, 0.1) is 18.6 Å². The predicted octanol–water partition coefficient (Wildman–Crippen LogP) is 4.17. The van der Waals surface area contributed by atoms with E-state index in [4.69, 9.17) is 0 Å². The molecule has 1 N–H and O–H groups in total. The van der Waals surface area contributed by atoms with Gasteiger partial charge < -0.3 is 5.32 Å². The van der Waals surface area contributed by atoms with Crippen molar-refractivity contribution >= 4 is 0 Å². The van der Waals surface area contributed by atoms with Gasteiger partial charge in [0.25, 0.3) is 0 Å². The van der Waals surface area contributed by atoms with Gasteiger partial charge >= 0.3 is 0 Å². The molecule has 106 valence electrons. The predicted molar refractivity (Wildman–Crippen MR) is 77.7 cm³/mol. The van der Waals surface area contributed by atoms with E-state index in [-0.39, 0.29) is 6.04 Å². The van der Waals surface area contributed by atoms with Crippen LogP contribution in [0.3, 0.4) is 0 Å². The van der Waals surface area contributed by atoms with E-state index in [1.807, 2.05) is 13.8 Å². The minimum Gasteiger partial charge on any atom is -0.310 e. The fourth-order valence-corrected chi connectivity index (χ4v) is 2.26. The minimum absolute atomic E-state index is 0.102. The first-order chi connectivity index (χ1) is 9.60. The van der Waals surface area contributed by atoms with Crippen LogP contribution in [-0.4, -0.2) is 6.54 Å². The Morgan fingerprint density at radius 2 is 1.70 bits per heavy atom. The summed E-state index contributed by atoms with van der Waals surface area (Å²) in [5.41, 5.74) is 3.15. The highest BCUT2D eigenvalue weighted by Crippen LogP contribution is 2.20. The number of rotatable bonds is 5. The molecule has 0 saturated heterocycles. The van der Waals surface area contributed by atoms with Gasteiger partial charge in [-0.1, -0.05) is 42.8 Å². The van der Waals surface area contributed by atoms with Crippen LogP contribution in [0.15, 0.2) is 42.5 Å². The van der Waals surface area contributed by atoms with E-state index in [0.29, 0.717) is 6.42 Å². The highest BCUT2D eigenvalue weighted by molar-refractivity contribution is 5.27. The van der Waals surface area contributed by atoms with Crippen LogP contribution < -0.4 is 5.32 Å². The summed E-state index contributed by atoms with van der Waals surface area (Å²) in [4.78, 5) is 0. The van der Waals surface area contributed by atoms with E-state index < -0.39 is 11.6 Å². The summed E-state index contributed by atoms with van der Waals surface area (Å²) < 4.78 is 26.2. The second-order valence-corrected chi connectivity index (χ2v) is 4.97. The number of benzene rings is 2. The zero-order chi connectivity index (χ0) is 14.5. The first-order valence-electron chi connectivity index (χ1n) is 6.84. The molecule has 2 aromatic rings. The van der Waals surface area contributed by atoms with Crippen LogP contribution in [0.2, 0.25) is 0 Å². The maximum absolute atomic E-state index is 13.3. The average molecular weight is 275 g/mol. The maximum Gasteiger partial charge on any atom is 0.159 e. The van der Waals surface area contributed by atoms with Gasteiger partial charge in [-0.2, -0.15) is 0 Å². The molecule has 0 radical (unpaired) electrons. The zero-order valence-electron chi connectivity index (χ0n) is 11.8. The Hall–Kier alpha value is -1.74. The summed E-state index contributed by atoms with van der Waals surface area (Å²) in [6.07, 6.45) is 0.633. The third-order valence-corrected chi connectivity index (χ3v) is 3.35. The second-order valence-electron chi connectivity index (χ2n) is 4.97. The lowest BCUT2D eigenvalue weighted by Crippen LogP contribution is -2.23. The molecule has 0 spiro atoms. The van der Waals surface area contributed by atoms with Crippen molar-refractivity contribution in [2.24, 2.45) is 0 Å². The van der Waals surface area contributed by atoms with Gasteiger partial charge in [-0.15, -0.1) is 0 Å². The Kier molecular flexibility index (Phi) is 4.85. The molecule has 0 saturated carbocycles. The van der Waals surface area contributed by atoms with Crippen LogP contribution in [0.1, 0.15) is 29.7 Å². The van der Waals surface area contributed by atoms with Crippen LogP contribution in [0.5, 0.6) is 0 Å². The van der Waals surface area contributed by atoms with Gasteiger partial charge in [0.2, 0.25) is 0 Å². The molecule has 0 amide bonds. The largest absolute Gasteiger partial charge is 0.310 e. The summed E-state index contributed by atoms with van der Waals surface area (Å²) in [5.74, 6) is -1.59. The first kappa shape index (κ1) is 14.7. The van der Waals surface area contributed by atoms with Crippen molar-refractivity contribution in [1.29, 1.82) is 0 Å². The topological polar surface area (TPSA) is 12.0 Å². The molecule has 0 aliphatic heterocycles. The molecule has 1 atom stereocenters. The Balaban J connectivity index is 2.20. The molecule has 0 aliphatic rings. The van der Waals surface area contributed by atoms with Crippen molar-refractivity contribution in [3.8, 4) is 0 Å². The number of hydrogen-bond donors (Lipinski definition) is 1. The molecule has 2 aromatic carbocycles. The summed E-state index contributed by atoms with van der Waals surface area (Å²) in [7, 11) is 0. The molecule has 0 fully saturated rings. The van der Waals surface area contributed by atoms with Gasteiger partial charge in [0.1, 0.15) is 0 Å². The van der Waals surface area contributed by atoms with E-state index in [0.717, 1.165) is 17.7 Å².